The lowest BCUT2D eigenvalue weighted by atomic mass is 10.3. The van der Waals surface area contributed by atoms with Crippen LogP contribution in [0.3, 0.4) is 0 Å². The number of ether oxygens (including phenoxy) is 2. The van der Waals surface area contributed by atoms with Crippen molar-refractivity contribution in [1.29, 1.82) is 0 Å². The highest BCUT2D eigenvalue weighted by Crippen LogP contribution is 2.26. The van der Waals surface area contributed by atoms with Crippen LogP contribution >= 0.6 is 15.9 Å². The highest BCUT2D eigenvalue weighted by molar-refractivity contribution is 9.10. The minimum Gasteiger partial charge on any atom is -0.493 e. The monoisotopic (exact) mass is 296 g/mol. The lowest BCUT2D eigenvalue weighted by Crippen LogP contribution is -2.03. The van der Waals surface area contributed by atoms with Crippen molar-refractivity contribution in [2.45, 2.75) is 6.61 Å². The second-order valence-electron chi connectivity index (χ2n) is 3.53. The first-order chi connectivity index (χ1) is 8.20. The quantitative estimate of drug-likeness (QED) is 0.870. The van der Waals surface area contributed by atoms with Crippen LogP contribution in [-0.4, -0.2) is 16.7 Å². The van der Waals surface area contributed by atoms with Crippen molar-refractivity contribution in [2.75, 3.05) is 7.11 Å². The summed E-state index contributed by atoms with van der Waals surface area (Å²) in [4.78, 5) is 4.29. The average Bonchev–Trinajstić information content (AvgIpc) is 2.65. The molecule has 1 aromatic carbocycles. The van der Waals surface area contributed by atoms with Gasteiger partial charge in [-0.2, -0.15) is 0 Å². The first-order valence-electron chi connectivity index (χ1n) is 5.14. The third-order valence-electron chi connectivity index (χ3n) is 2.37. The first kappa shape index (κ1) is 12.0. The Morgan fingerprint density at radius 2 is 2.00 bits per heavy atom. The number of aryl methyl sites for hydroxylation is 1. The van der Waals surface area contributed by atoms with Crippen molar-refractivity contribution in [1.82, 2.24) is 9.55 Å². The van der Waals surface area contributed by atoms with E-state index in [1.54, 1.807) is 7.11 Å². The van der Waals surface area contributed by atoms with E-state index < -0.39 is 0 Å². The second kappa shape index (κ2) is 5.23. The van der Waals surface area contributed by atoms with Gasteiger partial charge in [-0.05, 0) is 28.1 Å². The Morgan fingerprint density at radius 3 is 2.59 bits per heavy atom. The molecule has 0 bridgehead atoms. The van der Waals surface area contributed by atoms with Gasteiger partial charge in [0.2, 0.25) is 0 Å². The van der Waals surface area contributed by atoms with E-state index >= 15 is 0 Å². The number of imidazole rings is 1. The molecule has 2 rings (SSSR count). The van der Waals surface area contributed by atoms with Gasteiger partial charge in [-0.15, -0.1) is 0 Å². The van der Waals surface area contributed by atoms with Gasteiger partial charge in [0.05, 0.1) is 7.11 Å². The van der Waals surface area contributed by atoms with Crippen LogP contribution < -0.4 is 9.47 Å². The molecule has 0 saturated carbocycles. The van der Waals surface area contributed by atoms with Gasteiger partial charge in [-0.1, -0.05) is 12.1 Å². The van der Waals surface area contributed by atoms with Gasteiger partial charge in [-0.25, -0.2) is 4.98 Å². The standard InChI is InChI=1S/C12H13BrN2O2/c1-15-7-11(13)14-12(15)8-17-10-6-4-3-5-9(10)16-2/h3-7H,8H2,1-2H3. The highest BCUT2D eigenvalue weighted by atomic mass is 79.9. The molecule has 0 fully saturated rings. The van der Waals surface area contributed by atoms with E-state index in [9.17, 15) is 0 Å². The van der Waals surface area contributed by atoms with Gasteiger partial charge in [0.1, 0.15) is 17.0 Å². The zero-order chi connectivity index (χ0) is 12.3. The number of rotatable bonds is 4. The summed E-state index contributed by atoms with van der Waals surface area (Å²) < 4.78 is 13.6. The van der Waals surface area contributed by atoms with Crippen molar-refractivity contribution < 1.29 is 9.47 Å². The summed E-state index contributed by atoms with van der Waals surface area (Å²) >= 11 is 3.33. The summed E-state index contributed by atoms with van der Waals surface area (Å²) in [5.74, 6) is 2.29. The van der Waals surface area contributed by atoms with Crippen molar-refractivity contribution in [3.8, 4) is 11.5 Å². The SMILES string of the molecule is COc1ccccc1OCc1nc(Br)cn1C. The highest BCUT2D eigenvalue weighted by Gasteiger charge is 2.06. The van der Waals surface area contributed by atoms with Crippen LogP contribution in [0.4, 0.5) is 0 Å². The molecule has 0 aliphatic carbocycles. The summed E-state index contributed by atoms with van der Waals surface area (Å²) in [6.45, 7) is 0.405. The third-order valence-corrected chi connectivity index (χ3v) is 2.75. The molecule has 17 heavy (non-hydrogen) atoms. The molecule has 0 saturated heterocycles. The fourth-order valence-electron chi connectivity index (χ4n) is 1.48. The Labute approximate surface area is 108 Å². The molecule has 5 heteroatoms. The van der Waals surface area contributed by atoms with E-state index in [2.05, 4.69) is 20.9 Å². The number of methoxy groups -OCH3 is 1. The van der Waals surface area contributed by atoms with E-state index in [1.165, 1.54) is 0 Å². The number of hydrogen-bond acceptors (Lipinski definition) is 3. The van der Waals surface area contributed by atoms with E-state index in [0.29, 0.717) is 12.4 Å². The van der Waals surface area contributed by atoms with Crippen LogP contribution in [0.15, 0.2) is 35.1 Å². The summed E-state index contributed by atoms with van der Waals surface area (Å²) in [5, 5.41) is 0. The number of halogens is 1. The Balaban J connectivity index is 2.09. The molecule has 0 aliphatic rings. The summed E-state index contributed by atoms with van der Waals surface area (Å²) in [5.41, 5.74) is 0. The van der Waals surface area contributed by atoms with E-state index in [0.717, 1.165) is 16.2 Å². The summed E-state index contributed by atoms with van der Waals surface area (Å²) in [7, 11) is 3.55. The molecular weight excluding hydrogens is 284 g/mol. The van der Waals surface area contributed by atoms with Gasteiger partial charge in [0.15, 0.2) is 11.5 Å². The smallest absolute Gasteiger partial charge is 0.161 e. The van der Waals surface area contributed by atoms with Crippen molar-refractivity contribution in [3.05, 3.63) is 40.9 Å². The van der Waals surface area contributed by atoms with Gasteiger partial charge in [-0.3, -0.25) is 0 Å². The Bertz CT molecular complexity index is 511. The largest absolute Gasteiger partial charge is 0.493 e. The topological polar surface area (TPSA) is 36.3 Å². The molecule has 0 radical (unpaired) electrons. The minimum absolute atomic E-state index is 0.405. The van der Waals surface area contributed by atoms with E-state index in [-0.39, 0.29) is 0 Å². The van der Waals surface area contributed by atoms with Crippen LogP contribution in [0.1, 0.15) is 5.82 Å². The van der Waals surface area contributed by atoms with Gasteiger partial charge < -0.3 is 14.0 Å². The number of aromatic nitrogens is 2. The van der Waals surface area contributed by atoms with Crippen LogP contribution in [0, 0.1) is 0 Å². The predicted molar refractivity (Wildman–Crippen MR) is 68.2 cm³/mol. The molecule has 0 N–H and O–H groups in total. The maximum Gasteiger partial charge on any atom is 0.161 e. The number of hydrogen-bond donors (Lipinski definition) is 0. The van der Waals surface area contributed by atoms with E-state index in [4.69, 9.17) is 9.47 Å². The molecule has 0 spiro atoms. The first-order valence-corrected chi connectivity index (χ1v) is 5.93. The number of para-hydroxylation sites is 2. The second-order valence-corrected chi connectivity index (χ2v) is 4.34. The zero-order valence-corrected chi connectivity index (χ0v) is 11.3. The average molecular weight is 297 g/mol. The molecule has 4 nitrogen and oxygen atoms in total. The fourth-order valence-corrected chi connectivity index (χ4v) is 1.99. The Kier molecular flexibility index (Phi) is 3.68. The fraction of sp³-hybridized carbons (Fsp3) is 0.250. The molecule has 0 amide bonds. The maximum atomic E-state index is 5.68. The Morgan fingerprint density at radius 1 is 1.29 bits per heavy atom. The lowest BCUT2D eigenvalue weighted by Gasteiger charge is -2.09. The molecule has 90 valence electrons. The molecule has 0 unspecified atom stereocenters. The molecule has 1 aromatic heterocycles. The summed E-state index contributed by atoms with van der Waals surface area (Å²) in [6.07, 6.45) is 1.89. The molecule has 1 heterocycles. The van der Waals surface area contributed by atoms with Crippen LogP contribution in [-0.2, 0) is 13.7 Å². The van der Waals surface area contributed by atoms with Gasteiger partial charge >= 0.3 is 0 Å². The van der Waals surface area contributed by atoms with Crippen LogP contribution in [0.2, 0.25) is 0 Å². The Hall–Kier alpha value is -1.49. The maximum absolute atomic E-state index is 5.68. The number of nitrogens with zero attached hydrogens (tertiary/aromatic N) is 2. The van der Waals surface area contributed by atoms with Gasteiger partial charge in [0, 0.05) is 13.2 Å². The molecule has 0 atom stereocenters. The van der Waals surface area contributed by atoms with Crippen molar-refractivity contribution >= 4 is 15.9 Å². The van der Waals surface area contributed by atoms with Crippen LogP contribution in [0.25, 0.3) is 0 Å². The zero-order valence-electron chi connectivity index (χ0n) is 9.68. The third kappa shape index (κ3) is 2.79. The minimum atomic E-state index is 0.405. The van der Waals surface area contributed by atoms with Crippen LogP contribution in [0.5, 0.6) is 11.5 Å². The normalized spacial score (nSPS) is 10.3. The molecule has 2 aromatic rings. The summed E-state index contributed by atoms with van der Waals surface area (Å²) in [6, 6.07) is 7.55. The van der Waals surface area contributed by atoms with Crippen molar-refractivity contribution in [3.63, 3.8) is 0 Å². The molecular formula is C12H13BrN2O2. The number of benzene rings is 1. The lowest BCUT2D eigenvalue weighted by molar-refractivity contribution is 0.273. The van der Waals surface area contributed by atoms with E-state index in [1.807, 2.05) is 42.1 Å². The van der Waals surface area contributed by atoms with Gasteiger partial charge in [0.25, 0.3) is 0 Å². The molecule has 0 aliphatic heterocycles. The van der Waals surface area contributed by atoms with Crippen molar-refractivity contribution in [2.24, 2.45) is 7.05 Å². The predicted octanol–water partition coefficient (Wildman–Crippen LogP) is 2.77.